The Bertz CT molecular complexity index is 882. The normalized spacial score (nSPS) is 10.9. The van der Waals surface area contributed by atoms with Crippen LogP contribution in [0.15, 0.2) is 36.4 Å². The first kappa shape index (κ1) is 17.6. The monoisotopic (exact) mass is 352 g/mol. The predicted molar refractivity (Wildman–Crippen MR) is 106 cm³/mol. The van der Waals surface area contributed by atoms with E-state index in [-0.39, 0.29) is 0 Å². The summed E-state index contributed by atoms with van der Waals surface area (Å²) in [6.45, 7) is 9.55. The van der Waals surface area contributed by atoms with Gasteiger partial charge in [0, 0.05) is 22.5 Å². The second kappa shape index (κ2) is 7.38. The van der Waals surface area contributed by atoms with Crippen molar-refractivity contribution < 1.29 is 4.74 Å². The van der Waals surface area contributed by atoms with Crippen LogP contribution in [0.3, 0.4) is 0 Å². The lowest BCUT2D eigenvalue weighted by Gasteiger charge is -2.13. The second-order valence-corrected chi connectivity index (χ2v) is 7.42. The van der Waals surface area contributed by atoms with E-state index in [0.29, 0.717) is 13.2 Å². The van der Waals surface area contributed by atoms with Crippen LogP contribution in [0.1, 0.15) is 28.5 Å². The van der Waals surface area contributed by atoms with Crippen LogP contribution in [-0.4, -0.2) is 11.6 Å². The number of thiazole rings is 1. The SMILES string of the molecule is CCOc1c(C)cc(C)cc1-c1nc(-c2ccc(CN)cc2)sc1C. The highest BCUT2D eigenvalue weighted by atomic mass is 32.1. The van der Waals surface area contributed by atoms with Gasteiger partial charge in [0.15, 0.2) is 0 Å². The maximum absolute atomic E-state index is 5.93. The number of aryl methyl sites for hydroxylation is 3. The molecule has 130 valence electrons. The maximum Gasteiger partial charge on any atom is 0.131 e. The molecule has 0 fully saturated rings. The third kappa shape index (κ3) is 3.60. The average Bonchev–Trinajstić information content (AvgIpc) is 2.99. The van der Waals surface area contributed by atoms with Gasteiger partial charge in [-0.15, -0.1) is 11.3 Å². The lowest BCUT2D eigenvalue weighted by Crippen LogP contribution is -1.98. The molecule has 1 aromatic heterocycles. The third-order valence-corrected chi connectivity index (χ3v) is 5.22. The Balaban J connectivity index is 2.08. The fourth-order valence-electron chi connectivity index (χ4n) is 3.02. The number of nitrogens with two attached hydrogens (primary N) is 1. The highest BCUT2D eigenvalue weighted by Gasteiger charge is 2.17. The van der Waals surface area contributed by atoms with Crippen LogP contribution in [0.4, 0.5) is 0 Å². The Labute approximate surface area is 153 Å². The van der Waals surface area contributed by atoms with Crippen LogP contribution >= 0.6 is 11.3 Å². The minimum Gasteiger partial charge on any atom is -0.493 e. The van der Waals surface area contributed by atoms with Crippen molar-refractivity contribution in [3.05, 3.63) is 58.0 Å². The Hall–Kier alpha value is -2.17. The fourth-order valence-corrected chi connectivity index (χ4v) is 3.95. The largest absolute Gasteiger partial charge is 0.493 e. The average molecular weight is 353 g/mol. The molecular weight excluding hydrogens is 328 g/mol. The van der Waals surface area contributed by atoms with Crippen LogP contribution in [-0.2, 0) is 6.54 Å². The van der Waals surface area contributed by atoms with Crippen molar-refractivity contribution >= 4 is 11.3 Å². The Kier molecular flexibility index (Phi) is 5.21. The predicted octanol–water partition coefficient (Wildman–Crippen LogP) is 5.26. The van der Waals surface area contributed by atoms with Crippen LogP contribution < -0.4 is 10.5 Å². The number of ether oxygens (including phenoxy) is 1. The van der Waals surface area contributed by atoms with Crippen LogP contribution in [0.25, 0.3) is 21.8 Å². The molecule has 0 aliphatic rings. The highest BCUT2D eigenvalue weighted by Crippen LogP contribution is 2.39. The van der Waals surface area contributed by atoms with Gasteiger partial charge in [-0.2, -0.15) is 0 Å². The summed E-state index contributed by atoms with van der Waals surface area (Å²) >= 11 is 1.72. The number of aromatic nitrogens is 1. The summed E-state index contributed by atoms with van der Waals surface area (Å²) in [6.07, 6.45) is 0. The van der Waals surface area contributed by atoms with E-state index in [4.69, 9.17) is 15.5 Å². The molecule has 25 heavy (non-hydrogen) atoms. The van der Waals surface area contributed by atoms with Gasteiger partial charge >= 0.3 is 0 Å². The molecule has 0 atom stereocenters. The van der Waals surface area contributed by atoms with E-state index in [1.807, 2.05) is 6.92 Å². The van der Waals surface area contributed by atoms with E-state index in [2.05, 4.69) is 57.2 Å². The minimum absolute atomic E-state index is 0.558. The summed E-state index contributed by atoms with van der Waals surface area (Å²) in [4.78, 5) is 6.14. The first-order chi connectivity index (χ1) is 12.0. The summed E-state index contributed by atoms with van der Waals surface area (Å²) in [5.41, 5.74) is 12.4. The van der Waals surface area contributed by atoms with Crippen molar-refractivity contribution in [3.8, 4) is 27.6 Å². The number of nitrogens with zero attached hydrogens (tertiary/aromatic N) is 1. The van der Waals surface area contributed by atoms with Crippen molar-refractivity contribution in [2.75, 3.05) is 6.61 Å². The van der Waals surface area contributed by atoms with Gasteiger partial charge in [0.1, 0.15) is 10.8 Å². The van der Waals surface area contributed by atoms with E-state index in [1.165, 1.54) is 10.4 Å². The molecule has 3 nitrogen and oxygen atoms in total. The van der Waals surface area contributed by atoms with Gasteiger partial charge in [0.25, 0.3) is 0 Å². The van der Waals surface area contributed by atoms with E-state index in [0.717, 1.165) is 38.7 Å². The smallest absolute Gasteiger partial charge is 0.131 e. The lowest BCUT2D eigenvalue weighted by atomic mass is 10.0. The van der Waals surface area contributed by atoms with Gasteiger partial charge in [0.05, 0.1) is 12.3 Å². The number of rotatable bonds is 5. The van der Waals surface area contributed by atoms with E-state index in [9.17, 15) is 0 Å². The molecule has 0 saturated heterocycles. The van der Waals surface area contributed by atoms with E-state index in [1.54, 1.807) is 11.3 Å². The van der Waals surface area contributed by atoms with Gasteiger partial charge in [-0.05, 0) is 50.5 Å². The molecule has 2 N–H and O–H groups in total. The van der Waals surface area contributed by atoms with Crippen LogP contribution in [0, 0.1) is 20.8 Å². The maximum atomic E-state index is 5.93. The Morgan fingerprint density at radius 3 is 2.44 bits per heavy atom. The Morgan fingerprint density at radius 2 is 1.80 bits per heavy atom. The van der Waals surface area contributed by atoms with E-state index < -0.39 is 0 Å². The van der Waals surface area contributed by atoms with Crippen LogP contribution in [0.2, 0.25) is 0 Å². The molecule has 0 saturated carbocycles. The lowest BCUT2D eigenvalue weighted by molar-refractivity contribution is 0.339. The van der Waals surface area contributed by atoms with Gasteiger partial charge < -0.3 is 10.5 Å². The molecule has 0 bridgehead atoms. The number of benzene rings is 2. The molecule has 3 rings (SSSR count). The van der Waals surface area contributed by atoms with Crippen molar-refractivity contribution in [2.45, 2.75) is 34.2 Å². The molecule has 2 aromatic carbocycles. The van der Waals surface area contributed by atoms with Crippen molar-refractivity contribution in [3.63, 3.8) is 0 Å². The minimum atomic E-state index is 0.558. The van der Waals surface area contributed by atoms with Gasteiger partial charge in [-0.3, -0.25) is 0 Å². The molecule has 4 heteroatoms. The standard InChI is InChI=1S/C21H24N2OS/c1-5-24-20-14(3)10-13(2)11-18(20)19-15(4)25-21(23-19)17-8-6-16(12-22)7-9-17/h6-11H,5,12,22H2,1-4H3. The third-order valence-electron chi connectivity index (χ3n) is 4.20. The van der Waals surface area contributed by atoms with Crippen LogP contribution in [0.5, 0.6) is 5.75 Å². The first-order valence-electron chi connectivity index (χ1n) is 8.54. The number of hydrogen-bond acceptors (Lipinski definition) is 4. The molecule has 0 aliphatic carbocycles. The first-order valence-corrected chi connectivity index (χ1v) is 9.36. The fraction of sp³-hybridized carbons (Fsp3) is 0.286. The summed E-state index contributed by atoms with van der Waals surface area (Å²) in [7, 11) is 0. The zero-order valence-electron chi connectivity index (χ0n) is 15.2. The quantitative estimate of drug-likeness (QED) is 0.681. The molecule has 3 aromatic rings. The van der Waals surface area contributed by atoms with E-state index >= 15 is 0 Å². The molecule has 0 unspecified atom stereocenters. The molecular formula is C21H24N2OS. The molecule has 0 aliphatic heterocycles. The molecule has 1 heterocycles. The second-order valence-electron chi connectivity index (χ2n) is 6.22. The summed E-state index contributed by atoms with van der Waals surface area (Å²) < 4.78 is 5.93. The number of hydrogen-bond donors (Lipinski definition) is 1. The summed E-state index contributed by atoms with van der Waals surface area (Å²) in [6, 6.07) is 12.6. The van der Waals surface area contributed by atoms with Crippen molar-refractivity contribution in [1.29, 1.82) is 0 Å². The molecule has 0 spiro atoms. The van der Waals surface area contributed by atoms with Gasteiger partial charge in [0.2, 0.25) is 0 Å². The topological polar surface area (TPSA) is 48.1 Å². The zero-order chi connectivity index (χ0) is 18.0. The summed E-state index contributed by atoms with van der Waals surface area (Å²) in [5, 5.41) is 1.03. The summed E-state index contributed by atoms with van der Waals surface area (Å²) in [5.74, 6) is 0.937. The zero-order valence-corrected chi connectivity index (χ0v) is 16.0. The molecule has 0 radical (unpaired) electrons. The highest BCUT2D eigenvalue weighted by molar-refractivity contribution is 7.15. The Morgan fingerprint density at radius 1 is 1.08 bits per heavy atom. The van der Waals surface area contributed by atoms with Crippen molar-refractivity contribution in [1.82, 2.24) is 4.98 Å². The van der Waals surface area contributed by atoms with Crippen molar-refractivity contribution in [2.24, 2.45) is 5.73 Å². The van der Waals surface area contributed by atoms with Gasteiger partial charge in [-0.1, -0.05) is 30.3 Å². The van der Waals surface area contributed by atoms with Gasteiger partial charge in [-0.25, -0.2) is 4.98 Å². The molecule has 0 amide bonds.